The average Bonchev–Trinajstić information content (AvgIpc) is 3.05. The summed E-state index contributed by atoms with van der Waals surface area (Å²) in [6.07, 6.45) is 10.1. The lowest BCUT2D eigenvalue weighted by Gasteiger charge is -2.32. The van der Waals surface area contributed by atoms with Crippen LogP contribution in [0.3, 0.4) is 0 Å². The highest BCUT2D eigenvalue weighted by Crippen LogP contribution is 2.24. The van der Waals surface area contributed by atoms with Crippen LogP contribution >= 0.6 is 11.6 Å². The molecule has 164 valence electrons. The zero-order chi connectivity index (χ0) is 20.9. The van der Waals surface area contributed by atoms with E-state index in [1.54, 1.807) is 7.11 Å². The number of hydrogen-bond donors (Lipinski definition) is 0. The number of carbonyl (C=O) groups excluding carboxylic acids is 1. The molecule has 4 heterocycles. The summed E-state index contributed by atoms with van der Waals surface area (Å²) < 4.78 is 7.41. The molecule has 1 amide bonds. The SMILES string of the molecule is COCC1CCCN(Cc2c(C(=O)N3CCCCCCC3)nc3ccc(Cl)cn23)C1. The molecule has 4 rings (SSSR count). The Kier molecular flexibility index (Phi) is 7.28. The highest BCUT2D eigenvalue weighted by molar-refractivity contribution is 6.30. The van der Waals surface area contributed by atoms with Crippen LogP contribution in [0.25, 0.3) is 5.65 Å². The Balaban J connectivity index is 1.63. The number of likely N-dealkylation sites (tertiary alicyclic amines) is 2. The maximum atomic E-state index is 13.5. The average molecular weight is 433 g/mol. The first-order valence-electron chi connectivity index (χ1n) is 11.3. The van der Waals surface area contributed by atoms with Crippen LogP contribution in [-0.2, 0) is 11.3 Å². The van der Waals surface area contributed by atoms with Gasteiger partial charge in [-0.1, -0.05) is 30.9 Å². The number of fused-ring (bicyclic) bond motifs is 1. The van der Waals surface area contributed by atoms with Crippen molar-refractivity contribution >= 4 is 23.2 Å². The number of ether oxygens (including phenoxy) is 1. The Bertz CT molecular complexity index is 858. The minimum atomic E-state index is 0.0668. The van der Waals surface area contributed by atoms with Gasteiger partial charge in [0.1, 0.15) is 5.65 Å². The predicted molar refractivity (Wildman–Crippen MR) is 119 cm³/mol. The van der Waals surface area contributed by atoms with Crippen LogP contribution in [0.4, 0.5) is 0 Å². The number of carbonyl (C=O) groups is 1. The van der Waals surface area contributed by atoms with Gasteiger partial charge in [0, 0.05) is 39.5 Å². The predicted octanol–water partition coefficient (Wildman–Crippen LogP) is 4.25. The fourth-order valence-corrected chi connectivity index (χ4v) is 5.03. The molecule has 0 spiro atoms. The van der Waals surface area contributed by atoms with Crippen molar-refractivity contribution < 1.29 is 9.53 Å². The molecule has 0 aliphatic carbocycles. The van der Waals surface area contributed by atoms with Crippen molar-refractivity contribution in [1.29, 1.82) is 0 Å². The fourth-order valence-electron chi connectivity index (χ4n) is 4.87. The summed E-state index contributed by atoms with van der Waals surface area (Å²) in [5, 5.41) is 0.655. The minimum absolute atomic E-state index is 0.0668. The van der Waals surface area contributed by atoms with E-state index in [-0.39, 0.29) is 5.91 Å². The Morgan fingerprint density at radius 3 is 2.67 bits per heavy atom. The third kappa shape index (κ3) is 4.98. The first-order valence-corrected chi connectivity index (χ1v) is 11.7. The third-order valence-electron chi connectivity index (χ3n) is 6.41. The van der Waals surface area contributed by atoms with Gasteiger partial charge < -0.3 is 14.0 Å². The number of imidazole rings is 1. The number of piperidine rings is 1. The number of halogens is 1. The summed E-state index contributed by atoms with van der Waals surface area (Å²) in [6, 6.07) is 3.74. The molecule has 0 radical (unpaired) electrons. The summed E-state index contributed by atoms with van der Waals surface area (Å²) in [7, 11) is 1.77. The van der Waals surface area contributed by atoms with Gasteiger partial charge in [-0.05, 0) is 50.3 Å². The van der Waals surface area contributed by atoms with E-state index < -0.39 is 0 Å². The number of nitrogens with zero attached hydrogens (tertiary/aromatic N) is 4. The summed E-state index contributed by atoms with van der Waals surface area (Å²) in [5.41, 5.74) is 2.33. The molecule has 2 aromatic rings. The summed E-state index contributed by atoms with van der Waals surface area (Å²) in [4.78, 5) is 22.7. The lowest BCUT2D eigenvalue weighted by atomic mass is 9.99. The molecule has 2 saturated heterocycles. The molecular weight excluding hydrogens is 400 g/mol. The normalized spacial score (nSPS) is 21.5. The van der Waals surface area contributed by atoms with Gasteiger partial charge >= 0.3 is 0 Å². The standard InChI is InChI=1S/C23H33ClN4O2/c1-30-17-18-8-7-11-26(14-18)16-20-22(25-21-10-9-19(24)15-28(20)21)23(29)27-12-5-3-2-4-6-13-27/h9-10,15,18H,2-8,11-14,16-17H2,1H3. The fraction of sp³-hybridized carbons (Fsp3) is 0.652. The number of methoxy groups -OCH3 is 1. The Labute approximate surface area is 184 Å². The number of pyridine rings is 1. The number of amides is 1. The minimum Gasteiger partial charge on any atom is -0.384 e. The van der Waals surface area contributed by atoms with Crippen LogP contribution in [0, 0.1) is 5.92 Å². The van der Waals surface area contributed by atoms with Gasteiger partial charge in [0.05, 0.1) is 17.3 Å². The van der Waals surface area contributed by atoms with E-state index in [1.807, 2.05) is 27.6 Å². The third-order valence-corrected chi connectivity index (χ3v) is 6.63. The van der Waals surface area contributed by atoms with Crippen molar-refractivity contribution in [3.8, 4) is 0 Å². The van der Waals surface area contributed by atoms with Crippen LogP contribution in [0.5, 0.6) is 0 Å². The second kappa shape index (κ2) is 10.1. The lowest BCUT2D eigenvalue weighted by molar-refractivity contribution is 0.0727. The molecule has 7 heteroatoms. The van der Waals surface area contributed by atoms with Gasteiger partial charge in [-0.25, -0.2) is 4.98 Å². The monoisotopic (exact) mass is 432 g/mol. The quantitative estimate of drug-likeness (QED) is 0.708. The second-order valence-corrected chi connectivity index (χ2v) is 9.18. The summed E-state index contributed by atoms with van der Waals surface area (Å²) in [6.45, 7) is 5.16. The molecule has 30 heavy (non-hydrogen) atoms. The first-order chi connectivity index (χ1) is 14.7. The number of aromatic nitrogens is 2. The van der Waals surface area contributed by atoms with Crippen molar-refractivity contribution in [3.63, 3.8) is 0 Å². The van der Waals surface area contributed by atoms with E-state index in [0.29, 0.717) is 23.2 Å². The van der Waals surface area contributed by atoms with Gasteiger partial charge in [0.2, 0.25) is 0 Å². The van der Waals surface area contributed by atoms with E-state index in [4.69, 9.17) is 21.3 Å². The molecule has 0 N–H and O–H groups in total. The molecule has 2 fully saturated rings. The largest absolute Gasteiger partial charge is 0.384 e. The van der Waals surface area contributed by atoms with Gasteiger partial charge in [0.15, 0.2) is 5.69 Å². The molecule has 2 aliphatic heterocycles. The molecule has 1 atom stereocenters. The van der Waals surface area contributed by atoms with Crippen LogP contribution in [-0.4, -0.2) is 65.0 Å². The Morgan fingerprint density at radius 1 is 1.13 bits per heavy atom. The van der Waals surface area contributed by atoms with Gasteiger partial charge in [-0.3, -0.25) is 9.69 Å². The summed E-state index contributed by atoms with van der Waals surface area (Å²) in [5.74, 6) is 0.609. The maximum absolute atomic E-state index is 13.5. The van der Waals surface area contributed by atoms with Crippen molar-refractivity contribution in [2.75, 3.05) is 39.9 Å². The highest BCUT2D eigenvalue weighted by atomic mass is 35.5. The van der Waals surface area contributed by atoms with Crippen molar-refractivity contribution in [3.05, 3.63) is 34.7 Å². The molecule has 6 nitrogen and oxygen atoms in total. The topological polar surface area (TPSA) is 50.1 Å². The molecule has 0 aromatic carbocycles. The van der Waals surface area contributed by atoms with E-state index >= 15 is 0 Å². The van der Waals surface area contributed by atoms with Crippen LogP contribution in [0.2, 0.25) is 5.02 Å². The molecular formula is C23H33ClN4O2. The van der Waals surface area contributed by atoms with E-state index in [1.165, 1.54) is 25.7 Å². The number of hydrogen-bond acceptors (Lipinski definition) is 4. The van der Waals surface area contributed by atoms with Crippen molar-refractivity contribution in [2.24, 2.45) is 5.92 Å². The van der Waals surface area contributed by atoms with E-state index in [2.05, 4.69) is 4.90 Å². The first kappa shape index (κ1) is 21.6. The summed E-state index contributed by atoms with van der Waals surface area (Å²) >= 11 is 6.30. The van der Waals surface area contributed by atoms with Gasteiger partial charge in [-0.2, -0.15) is 0 Å². The smallest absolute Gasteiger partial charge is 0.274 e. The zero-order valence-electron chi connectivity index (χ0n) is 18.0. The van der Waals surface area contributed by atoms with Gasteiger partial charge in [-0.15, -0.1) is 0 Å². The van der Waals surface area contributed by atoms with E-state index in [0.717, 1.165) is 63.4 Å². The lowest BCUT2D eigenvalue weighted by Crippen LogP contribution is -2.38. The molecule has 0 bridgehead atoms. The van der Waals surface area contributed by atoms with Crippen molar-refractivity contribution in [1.82, 2.24) is 19.2 Å². The maximum Gasteiger partial charge on any atom is 0.274 e. The van der Waals surface area contributed by atoms with Crippen molar-refractivity contribution in [2.45, 2.75) is 51.5 Å². The number of rotatable bonds is 5. The van der Waals surface area contributed by atoms with Crippen LogP contribution < -0.4 is 0 Å². The van der Waals surface area contributed by atoms with Crippen LogP contribution in [0.15, 0.2) is 18.3 Å². The van der Waals surface area contributed by atoms with E-state index in [9.17, 15) is 4.79 Å². The molecule has 2 aliphatic rings. The molecule has 1 unspecified atom stereocenters. The second-order valence-electron chi connectivity index (χ2n) is 8.74. The van der Waals surface area contributed by atoms with Gasteiger partial charge in [0.25, 0.3) is 5.91 Å². The molecule has 2 aromatic heterocycles. The Morgan fingerprint density at radius 2 is 1.90 bits per heavy atom. The zero-order valence-corrected chi connectivity index (χ0v) is 18.7. The molecule has 0 saturated carbocycles. The highest BCUT2D eigenvalue weighted by Gasteiger charge is 2.27. The Hall–Kier alpha value is -1.63. The van der Waals surface area contributed by atoms with Crippen LogP contribution in [0.1, 0.15) is 61.1 Å².